The Morgan fingerprint density at radius 1 is 0.900 bits per heavy atom. The Hall–Kier alpha value is -1.49. The first kappa shape index (κ1) is 21.7. The molecule has 0 bridgehead atoms. The van der Waals surface area contributed by atoms with E-state index in [0.717, 1.165) is 6.07 Å². The van der Waals surface area contributed by atoms with Gasteiger partial charge in [0.15, 0.2) is 0 Å². The number of carbonyl (C=O) groups excluding carboxylic acids is 1. The summed E-state index contributed by atoms with van der Waals surface area (Å²) in [7, 11) is 0. The van der Waals surface area contributed by atoms with E-state index < -0.39 is 22.0 Å². The maximum absolute atomic E-state index is 13.7. The molecule has 1 saturated carbocycles. The van der Waals surface area contributed by atoms with Crippen LogP contribution in [0.5, 0.6) is 0 Å². The number of rotatable bonds is 4. The SMILES string of the molecule is O=C([C@H]1[C@H](c2cc(Cl)cc(Cl)c2)C1(Cl)Cl)N(c1ccccc1)c1ccc(F)cc1Cl. The molecule has 0 aromatic heterocycles. The van der Waals surface area contributed by atoms with Gasteiger partial charge in [-0.1, -0.05) is 53.0 Å². The summed E-state index contributed by atoms with van der Waals surface area (Å²) < 4.78 is 12.3. The summed E-state index contributed by atoms with van der Waals surface area (Å²) in [4.78, 5) is 15.1. The molecule has 3 aromatic rings. The maximum Gasteiger partial charge on any atom is 0.238 e. The largest absolute Gasteiger partial charge is 0.279 e. The highest BCUT2D eigenvalue weighted by molar-refractivity contribution is 6.54. The van der Waals surface area contributed by atoms with E-state index in [0.29, 0.717) is 27.0 Å². The topological polar surface area (TPSA) is 20.3 Å². The molecule has 1 amide bonds. The van der Waals surface area contributed by atoms with Gasteiger partial charge in [0.1, 0.15) is 10.2 Å². The second-order valence-electron chi connectivity index (χ2n) is 6.94. The van der Waals surface area contributed by atoms with Crippen LogP contribution in [0.1, 0.15) is 11.5 Å². The Morgan fingerprint density at radius 3 is 2.13 bits per heavy atom. The molecule has 0 N–H and O–H groups in total. The van der Waals surface area contributed by atoms with Crippen LogP contribution in [0.4, 0.5) is 15.8 Å². The third-order valence-corrected chi connectivity index (χ3v) is 6.63. The van der Waals surface area contributed by atoms with Gasteiger partial charge in [0, 0.05) is 21.7 Å². The third kappa shape index (κ3) is 4.02. The number of anilines is 2. The molecular formula is C22H13Cl5FNO. The average molecular weight is 504 g/mol. The lowest BCUT2D eigenvalue weighted by molar-refractivity contribution is -0.119. The van der Waals surface area contributed by atoms with Crippen LogP contribution in [0.25, 0.3) is 0 Å². The molecule has 0 radical (unpaired) electrons. The average Bonchev–Trinajstić information content (AvgIpc) is 3.26. The van der Waals surface area contributed by atoms with Crippen LogP contribution in [0.15, 0.2) is 66.7 Å². The highest BCUT2D eigenvalue weighted by Gasteiger charge is 2.68. The summed E-state index contributed by atoms with van der Waals surface area (Å²) in [5.41, 5.74) is 1.54. The number of para-hydroxylation sites is 1. The van der Waals surface area contributed by atoms with Gasteiger partial charge in [-0.3, -0.25) is 9.69 Å². The van der Waals surface area contributed by atoms with E-state index in [1.807, 2.05) is 6.07 Å². The molecule has 0 heterocycles. The van der Waals surface area contributed by atoms with Crippen LogP contribution >= 0.6 is 58.0 Å². The van der Waals surface area contributed by atoms with Crippen molar-refractivity contribution in [2.75, 3.05) is 4.90 Å². The minimum atomic E-state index is -1.36. The fraction of sp³-hybridized carbons (Fsp3) is 0.136. The monoisotopic (exact) mass is 501 g/mol. The molecule has 0 aliphatic heterocycles. The maximum atomic E-state index is 13.7. The van der Waals surface area contributed by atoms with Gasteiger partial charge in [-0.15, -0.1) is 23.2 Å². The van der Waals surface area contributed by atoms with Crippen molar-refractivity contribution in [1.29, 1.82) is 0 Å². The normalized spacial score (nSPS) is 19.4. The molecule has 30 heavy (non-hydrogen) atoms. The first-order valence-electron chi connectivity index (χ1n) is 8.88. The fourth-order valence-electron chi connectivity index (χ4n) is 3.57. The molecule has 1 aliphatic rings. The summed E-state index contributed by atoms with van der Waals surface area (Å²) in [6.07, 6.45) is 0. The lowest BCUT2D eigenvalue weighted by atomic mass is 10.1. The van der Waals surface area contributed by atoms with Crippen LogP contribution in [-0.2, 0) is 4.79 Å². The Balaban J connectivity index is 1.77. The minimum absolute atomic E-state index is 0.0879. The molecule has 8 heteroatoms. The highest BCUT2D eigenvalue weighted by Crippen LogP contribution is 2.66. The molecule has 0 saturated heterocycles. The molecule has 154 valence electrons. The van der Waals surface area contributed by atoms with E-state index in [1.54, 1.807) is 42.5 Å². The predicted octanol–water partition coefficient (Wildman–Crippen LogP) is 8.04. The molecule has 0 spiro atoms. The van der Waals surface area contributed by atoms with Crippen LogP contribution < -0.4 is 4.90 Å². The summed E-state index contributed by atoms with van der Waals surface area (Å²) in [5.74, 6) is -2.18. The summed E-state index contributed by atoms with van der Waals surface area (Å²) in [6, 6.07) is 17.7. The lowest BCUT2D eigenvalue weighted by Gasteiger charge is -2.24. The molecule has 1 fully saturated rings. The van der Waals surface area contributed by atoms with Gasteiger partial charge in [0.2, 0.25) is 5.91 Å². The number of halogens is 6. The number of benzene rings is 3. The minimum Gasteiger partial charge on any atom is -0.279 e. The van der Waals surface area contributed by atoms with E-state index >= 15 is 0 Å². The van der Waals surface area contributed by atoms with E-state index in [1.165, 1.54) is 17.0 Å². The molecule has 1 aliphatic carbocycles. The van der Waals surface area contributed by atoms with Gasteiger partial charge in [-0.05, 0) is 54.1 Å². The van der Waals surface area contributed by atoms with Gasteiger partial charge in [0.25, 0.3) is 0 Å². The van der Waals surface area contributed by atoms with Gasteiger partial charge in [0.05, 0.1) is 16.6 Å². The number of nitrogens with zero attached hydrogens (tertiary/aromatic N) is 1. The van der Waals surface area contributed by atoms with Crippen LogP contribution in [0, 0.1) is 11.7 Å². The second kappa shape index (κ2) is 8.22. The third-order valence-electron chi connectivity index (χ3n) is 4.95. The molecular weight excluding hydrogens is 491 g/mol. The number of carbonyl (C=O) groups is 1. The van der Waals surface area contributed by atoms with Crippen molar-refractivity contribution in [3.05, 3.63) is 93.2 Å². The Bertz CT molecular complexity index is 1100. The number of hydrogen-bond donors (Lipinski definition) is 0. The van der Waals surface area contributed by atoms with Gasteiger partial charge in [-0.2, -0.15) is 0 Å². The fourth-order valence-corrected chi connectivity index (χ4v) is 5.18. The van der Waals surface area contributed by atoms with Crippen molar-refractivity contribution in [2.45, 2.75) is 10.3 Å². The van der Waals surface area contributed by atoms with E-state index in [9.17, 15) is 9.18 Å². The molecule has 4 rings (SSSR count). The van der Waals surface area contributed by atoms with Gasteiger partial charge < -0.3 is 0 Å². The molecule has 3 aromatic carbocycles. The smallest absolute Gasteiger partial charge is 0.238 e. The first-order valence-corrected chi connectivity index (χ1v) is 10.8. The van der Waals surface area contributed by atoms with Crippen LogP contribution in [-0.4, -0.2) is 10.2 Å². The van der Waals surface area contributed by atoms with Crippen molar-refractivity contribution in [3.63, 3.8) is 0 Å². The Morgan fingerprint density at radius 2 is 1.53 bits per heavy atom. The van der Waals surface area contributed by atoms with Crippen molar-refractivity contribution in [1.82, 2.24) is 0 Å². The zero-order valence-electron chi connectivity index (χ0n) is 15.1. The quantitative estimate of drug-likeness (QED) is 0.330. The first-order chi connectivity index (χ1) is 14.2. The zero-order chi connectivity index (χ0) is 21.6. The second-order valence-corrected chi connectivity index (χ2v) is 9.66. The van der Waals surface area contributed by atoms with Crippen molar-refractivity contribution >= 4 is 75.3 Å². The van der Waals surface area contributed by atoms with Crippen molar-refractivity contribution in [2.24, 2.45) is 5.92 Å². The lowest BCUT2D eigenvalue weighted by Crippen LogP contribution is -2.29. The summed E-state index contributed by atoms with van der Waals surface area (Å²) in [6.45, 7) is 0. The molecule has 2 atom stereocenters. The van der Waals surface area contributed by atoms with E-state index in [-0.39, 0.29) is 10.9 Å². The summed E-state index contributed by atoms with van der Waals surface area (Å²) >= 11 is 31.6. The van der Waals surface area contributed by atoms with Gasteiger partial charge >= 0.3 is 0 Å². The summed E-state index contributed by atoms with van der Waals surface area (Å²) in [5, 5.41) is 0.924. The number of hydrogen-bond acceptors (Lipinski definition) is 1. The highest BCUT2D eigenvalue weighted by atomic mass is 35.5. The Kier molecular flexibility index (Phi) is 5.95. The number of amides is 1. The van der Waals surface area contributed by atoms with E-state index in [4.69, 9.17) is 58.0 Å². The predicted molar refractivity (Wildman–Crippen MR) is 122 cm³/mol. The van der Waals surface area contributed by atoms with Crippen LogP contribution in [0.3, 0.4) is 0 Å². The van der Waals surface area contributed by atoms with E-state index in [2.05, 4.69) is 0 Å². The standard InChI is InChI=1S/C22H13Cl5FNO/c23-13-8-12(9-14(24)10-13)19-20(22(19,26)27)21(30)29(16-4-2-1-3-5-16)18-7-6-15(28)11-17(18)25/h1-11,19-20H/t19-,20+/m0/s1. The zero-order valence-corrected chi connectivity index (χ0v) is 18.9. The van der Waals surface area contributed by atoms with Gasteiger partial charge in [-0.25, -0.2) is 4.39 Å². The molecule has 0 unspecified atom stereocenters. The van der Waals surface area contributed by atoms with Crippen molar-refractivity contribution < 1.29 is 9.18 Å². The van der Waals surface area contributed by atoms with Crippen LogP contribution in [0.2, 0.25) is 15.1 Å². The Labute approximate surface area is 198 Å². The van der Waals surface area contributed by atoms with Crippen molar-refractivity contribution in [3.8, 4) is 0 Å². The molecule has 2 nitrogen and oxygen atoms in total. The number of alkyl halides is 2.